The van der Waals surface area contributed by atoms with Gasteiger partial charge in [0.1, 0.15) is 5.60 Å². The number of fused-ring (bicyclic) bond motifs is 2. The Morgan fingerprint density at radius 2 is 2.08 bits per heavy atom. The molecule has 1 saturated heterocycles. The molecule has 4 nitrogen and oxygen atoms in total. The van der Waals surface area contributed by atoms with Crippen LogP contribution in [-0.2, 0) is 27.3 Å². The summed E-state index contributed by atoms with van der Waals surface area (Å²) in [6.07, 6.45) is 1.92. The molecule has 1 N–H and O–H groups in total. The second kappa shape index (κ2) is 6.15. The lowest BCUT2D eigenvalue weighted by Crippen LogP contribution is -2.45. The average Bonchev–Trinajstić information content (AvgIpc) is 3.43. The van der Waals surface area contributed by atoms with Gasteiger partial charge >= 0.3 is 0 Å². The van der Waals surface area contributed by atoms with Gasteiger partial charge < -0.3 is 10.1 Å². The van der Waals surface area contributed by atoms with Crippen LogP contribution in [0.4, 0.5) is 8.78 Å². The van der Waals surface area contributed by atoms with Gasteiger partial charge in [0, 0.05) is 18.3 Å². The first kappa shape index (κ1) is 17.6. The van der Waals surface area contributed by atoms with E-state index in [1.807, 2.05) is 0 Å². The van der Waals surface area contributed by atoms with E-state index in [9.17, 15) is 9.18 Å². The minimum Gasteiger partial charge on any atom is -0.363 e. The molecule has 1 spiro atoms. The number of carbonyl (C=O) groups excluding carboxylic acids is 1. The summed E-state index contributed by atoms with van der Waals surface area (Å²) in [5.41, 5.74) is -1.78. The number of nitrogens with one attached hydrogen (secondary N) is 1. The highest BCUT2D eigenvalue weighted by molar-refractivity contribution is 6.35. The van der Waals surface area contributed by atoms with Crippen molar-refractivity contribution in [2.75, 3.05) is 6.61 Å². The molecule has 1 aromatic heterocycles. The first-order chi connectivity index (χ1) is 12.4. The summed E-state index contributed by atoms with van der Waals surface area (Å²) < 4.78 is 34.9. The molecule has 2 aromatic rings. The molecule has 0 radical (unpaired) electrons. The normalized spacial score (nSPS) is 26.5. The summed E-state index contributed by atoms with van der Waals surface area (Å²) in [7, 11) is 0. The second-order valence-corrected chi connectivity index (χ2v) is 7.29. The van der Waals surface area contributed by atoms with Gasteiger partial charge in [-0.15, -0.1) is 0 Å². The Morgan fingerprint density at radius 1 is 1.31 bits per heavy atom. The number of rotatable bonds is 3. The number of pyridine rings is 1. The van der Waals surface area contributed by atoms with Crippen molar-refractivity contribution >= 4 is 29.1 Å². The van der Waals surface area contributed by atoms with Crippen LogP contribution in [0.15, 0.2) is 30.5 Å². The third kappa shape index (κ3) is 2.68. The molecule has 0 saturated carbocycles. The third-order valence-corrected chi connectivity index (χ3v) is 5.65. The van der Waals surface area contributed by atoms with E-state index in [1.165, 1.54) is 12.1 Å². The first-order valence-electron chi connectivity index (χ1n) is 8.07. The highest BCUT2D eigenvalue weighted by Crippen LogP contribution is 2.53. The molecule has 4 rings (SSSR count). The molecular formula is C18H14Cl2F2N2O2. The number of carbonyl (C=O) groups is 1. The maximum Gasteiger partial charge on any atom is 0.262 e. The summed E-state index contributed by atoms with van der Waals surface area (Å²) in [5, 5.41) is 2.20. The van der Waals surface area contributed by atoms with E-state index in [1.54, 1.807) is 18.3 Å². The summed E-state index contributed by atoms with van der Waals surface area (Å²) >= 11 is 11.6. The van der Waals surface area contributed by atoms with Crippen LogP contribution in [0.5, 0.6) is 0 Å². The number of nitrogens with zero attached hydrogens (tertiary/aromatic N) is 1. The third-order valence-electron chi connectivity index (χ3n) is 4.95. The van der Waals surface area contributed by atoms with E-state index in [-0.39, 0.29) is 28.6 Å². The number of epoxide rings is 1. The molecule has 0 unspecified atom stereocenters. The average molecular weight is 399 g/mol. The van der Waals surface area contributed by atoms with Crippen molar-refractivity contribution in [1.82, 2.24) is 10.3 Å². The molecule has 1 aliphatic carbocycles. The van der Waals surface area contributed by atoms with Crippen molar-refractivity contribution < 1.29 is 18.3 Å². The fourth-order valence-corrected chi connectivity index (χ4v) is 3.77. The van der Waals surface area contributed by atoms with Crippen LogP contribution in [0.1, 0.15) is 29.7 Å². The van der Waals surface area contributed by atoms with Crippen molar-refractivity contribution in [2.24, 2.45) is 0 Å². The Hall–Kier alpha value is -1.76. The maximum absolute atomic E-state index is 15.6. The molecular weight excluding hydrogens is 385 g/mol. The highest BCUT2D eigenvalue weighted by atomic mass is 35.5. The number of aromatic nitrogens is 1. The van der Waals surface area contributed by atoms with Crippen molar-refractivity contribution in [3.05, 3.63) is 63.1 Å². The number of alkyl halides is 1. The summed E-state index contributed by atoms with van der Waals surface area (Å²) in [5.74, 6) is -1.58. The van der Waals surface area contributed by atoms with Crippen molar-refractivity contribution in [1.29, 1.82) is 0 Å². The van der Waals surface area contributed by atoms with Crippen LogP contribution in [0.25, 0.3) is 0 Å². The molecule has 1 fully saturated rings. The number of benzene rings is 1. The van der Waals surface area contributed by atoms with E-state index in [0.717, 1.165) is 0 Å². The summed E-state index contributed by atoms with van der Waals surface area (Å²) in [4.78, 5) is 16.9. The van der Waals surface area contributed by atoms with Gasteiger partial charge in [-0.2, -0.15) is 0 Å². The largest absolute Gasteiger partial charge is 0.363 e. The molecule has 2 atom stereocenters. The Kier molecular flexibility index (Phi) is 4.17. The van der Waals surface area contributed by atoms with Gasteiger partial charge in [0.2, 0.25) is 5.67 Å². The van der Waals surface area contributed by atoms with E-state index in [4.69, 9.17) is 27.9 Å². The number of hydrogen-bond acceptors (Lipinski definition) is 3. The zero-order chi connectivity index (χ0) is 18.5. The zero-order valence-electron chi connectivity index (χ0n) is 13.5. The number of hydrogen-bond donors (Lipinski definition) is 1. The molecule has 2 aliphatic rings. The maximum atomic E-state index is 15.6. The van der Waals surface area contributed by atoms with Crippen LogP contribution in [0.2, 0.25) is 10.0 Å². The molecule has 1 aromatic carbocycles. The standard InChI is InChI=1S/C18H14Cl2F2N2O2/c19-12-4-3-10(13(20)14(12)21)8-24-16(25)18(22)6-5-17(9-26-17)15-11(18)2-1-7-23-15/h1-4,7H,5-6,8-9H2,(H,24,25)/t17-,18+/m1/s1. The predicted molar refractivity (Wildman–Crippen MR) is 92.2 cm³/mol. The quantitative estimate of drug-likeness (QED) is 0.627. The van der Waals surface area contributed by atoms with Crippen LogP contribution in [0.3, 0.4) is 0 Å². The minimum atomic E-state index is -2.22. The van der Waals surface area contributed by atoms with Gasteiger partial charge in [0.05, 0.1) is 22.3 Å². The van der Waals surface area contributed by atoms with Gasteiger partial charge in [-0.25, -0.2) is 8.78 Å². The monoisotopic (exact) mass is 398 g/mol. The smallest absolute Gasteiger partial charge is 0.262 e. The van der Waals surface area contributed by atoms with Crippen LogP contribution < -0.4 is 5.32 Å². The van der Waals surface area contributed by atoms with E-state index in [0.29, 0.717) is 24.3 Å². The zero-order valence-corrected chi connectivity index (χ0v) is 15.0. The van der Waals surface area contributed by atoms with E-state index < -0.39 is 23.0 Å². The number of halogens is 4. The predicted octanol–water partition coefficient (Wildman–Crippen LogP) is 4.03. The van der Waals surface area contributed by atoms with Gasteiger partial charge in [-0.3, -0.25) is 9.78 Å². The van der Waals surface area contributed by atoms with E-state index >= 15 is 4.39 Å². The topological polar surface area (TPSA) is 54.5 Å². The Labute approximate surface area is 158 Å². The first-order valence-corrected chi connectivity index (χ1v) is 8.82. The number of amides is 1. The van der Waals surface area contributed by atoms with Gasteiger partial charge in [0.25, 0.3) is 5.91 Å². The lowest BCUT2D eigenvalue weighted by atomic mass is 9.77. The van der Waals surface area contributed by atoms with Gasteiger partial charge in [-0.1, -0.05) is 35.3 Å². The van der Waals surface area contributed by atoms with E-state index in [2.05, 4.69) is 10.3 Å². The van der Waals surface area contributed by atoms with Crippen LogP contribution in [0, 0.1) is 5.82 Å². The highest BCUT2D eigenvalue weighted by Gasteiger charge is 2.58. The number of ether oxygens (including phenoxy) is 1. The molecule has 1 aliphatic heterocycles. The van der Waals surface area contributed by atoms with Gasteiger partial charge in [0.15, 0.2) is 5.82 Å². The Bertz CT molecular complexity index is 905. The Morgan fingerprint density at radius 3 is 2.81 bits per heavy atom. The fourth-order valence-electron chi connectivity index (χ4n) is 3.34. The molecule has 1 amide bonds. The van der Waals surface area contributed by atoms with Crippen LogP contribution >= 0.6 is 23.2 Å². The summed E-state index contributed by atoms with van der Waals surface area (Å²) in [6.45, 7) is 0.364. The lowest BCUT2D eigenvalue weighted by Gasteiger charge is -2.33. The van der Waals surface area contributed by atoms with Gasteiger partial charge in [-0.05, 0) is 30.5 Å². The van der Waals surface area contributed by atoms with Crippen molar-refractivity contribution in [3.8, 4) is 0 Å². The van der Waals surface area contributed by atoms with Crippen molar-refractivity contribution in [2.45, 2.75) is 30.7 Å². The minimum absolute atomic E-state index is 0.0137. The second-order valence-electron chi connectivity index (χ2n) is 6.50. The van der Waals surface area contributed by atoms with Crippen LogP contribution in [-0.4, -0.2) is 17.5 Å². The fraction of sp³-hybridized carbons (Fsp3) is 0.333. The Balaban J connectivity index is 1.58. The molecule has 2 heterocycles. The SMILES string of the molecule is O=C(NCc1ccc(Cl)c(F)c1Cl)[C@]1(F)CC[C@@]2(CO2)c2ncccc21. The summed E-state index contributed by atoms with van der Waals surface area (Å²) in [6, 6.07) is 5.97. The molecule has 136 valence electrons. The molecule has 26 heavy (non-hydrogen) atoms. The molecule has 8 heteroatoms. The van der Waals surface area contributed by atoms with Crippen molar-refractivity contribution in [3.63, 3.8) is 0 Å². The lowest BCUT2D eigenvalue weighted by molar-refractivity contribution is -0.135. The molecule has 0 bridgehead atoms.